The Hall–Kier alpha value is -2.59. The van der Waals surface area contributed by atoms with Crippen LogP contribution in [0.1, 0.15) is 46.2 Å². The summed E-state index contributed by atoms with van der Waals surface area (Å²) in [5.41, 5.74) is 4.42. The number of aromatic nitrogens is 2. The van der Waals surface area contributed by atoms with Gasteiger partial charge in [-0.25, -0.2) is 4.98 Å². The highest BCUT2D eigenvalue weighted by atomic mass is 35.5. The van der Waals surface area contributed by atoms with Gasteiger partial charge in [-0.15, -0.1) is 0 Å². The van der Waals surface area contributed by atoms with Gasteiger partial charge in [0.1, 0.15) is 5.82 Å². The molecule has 0 bridgehead atoms. The molecule has 0 aliphatic carbocycles. The topological polar surface area (TPSA) is 65.2 Å². The minimum Gasteiger partial charge on any atom is -0.336 e. The van der Waals surface area contributed by atoms with Gasteiger partial charge in [-0.05, 0) is 55.3 Å². The molecule has 1 aliphatic rings. The zero-order valence-corrected chi connectivity index (χ0v) is 20.7. The fourth-order valence-corrected chi connectivity index (χ4v) is 5.06. The van der Waals surface area contributed by atoms with E-state index < -0.39 is 0 Å². The van der Waals surface area contributed by atoms with Crippen molar-refractivity contribution < 1.29 is 4.79 Å². The van der Waals surface area contributed by atoms with Crippen molar-refractivity contribution in [1.82, 2.24) is 19.4 Å². The van der Waals surface area contributed by atoms with Crippen molar-refractivity contribution in [1.29, 1.82) is 5.26 Å². The molecule has 0 atom stereocenters. The summed E-state index contributed by atoms with van der Waals surface area (Å²) in [7, 11) is 1.91. The van der Waals surface area contributed by atoms with E-state index in [1.165, 1.54) is 0 Å². The van der Waals surface area contributed by atoms with Crippen LogP contribution in [-0.4, -0.2) is 58.0 Å². The maximum absolute atomic E-state index is 13.3. The summed E-state index contributed by atoms with van der Waals surface area (Å²) in [4.78, 5) is 22.3. The van der Waals surface area contributed by atoms with Crippen LogP contribution in [-0.2, 0) is 13.5 Å². The third-order valence-electron chi connectivity index (χ3n) is 6.35. The summed E-state index contributed by atoms with van der Waals surface area (Å²) in [6.07, 6.45) is 1.50. The Morgan fingerprint density at radius 3 is 2.58 bits per heavy atom. The smallest absolute Gasteiger partial charge is 0.255 e. The van der Waals surface area contributed by atoms with E-state index in [-0.39, 0.29) is 5.91 Å². The molecule has 0 radical (unpaired) electrons. The molecule has 2 heterocycles. The zero-order valence-electron chi connectivity index (χ0n) is 19.2. The molecule has 0 saturated carbocycles. The lowest BCUT2D eigenvalue weighted by atomic mass is 10.1. The molecule has 1 amide bonds. The molecule has 172 valence electrons. The summed E-state index contributed by atoms with van der Waals surface area (Å²) < 4.78 is 1.96. The number of halogens is 2. The maximum atomic E-state index is 13.3. The predicted molar refractivity (Wildman–Crippen MR) is 132 cm³/mol. The second-order valence-corrected chi connectivity index (χ2v) is 9.34. The van der Waals surface area contributed by atoms with Gasteiger partial charge in [0.25, 0.3) is 5.91 Å². The van der Waals surface area contributed by atoms with Crippen LogP contribution < -0.4 is 0 Å². The minimum atomic E-state index is -0.0615. The van der Waals surface area contributed by atoms with E-state index in [0.29, 0.717) is 46.2 Å². The molecule has 4 rings (SSSR count). The molecule has 2 aromatic carbocycles. The van der Waals surface area contributed by atoms with Gasteiger partial charge in [0.05, 0.1) is 33.3 Å². The molecule has 1 saturated heterocycles. The minimum absolute atomic E-state index is 0.0615. The number of hydrogen-bond donors (Lipinski definition) is 0. The van der Waals surface area contributed by atoms with Gasteiger partial charge in [-0.3, -0.25) is 9.69 Å². The summed E-state index contributed by atoms with van der Waals surface area (Å²) in [5, 5.41) is 10.2. The van der Waals surface area contributed by atoms with E-state index in [4.69, 9.17) is 28.2 Å². The quantitative estimate of drug-likeness (QED) is 0.521. The second kappa shape index (κ2) is 9.72. The van der Waals surface area contributed by atoms with Gasteiger partial charge < -0.3 is 9.47 Å². The first-order chi connectivity index (χ1) is 15.8. The molecule has 6 nitrogen and oxygen atoms in total. The lowest BCUT2D eigenvalue weighted by Crippen LogP contribution is -2.48. The molecule has 0 N–H and O–H groups in total. The Morgan fingerprint density at radius 2 is 1.91 bits per heavy atom. The molecule has 0 unspecified atom stereocenters. The molecule has 0 spiro atoms. The highest BCUT2D eigenvalue weighted by molar-refractivity contribution is 6.38. The number of fused-ring (bicyclic) bond motifs is 1. The van der Waals surface area contributed by atoms with Crippen LogP contribution in [0.3, 0.4) is 0 Å². The summed E-state index contributed by atoms with van der Waals surface area (Å²) in [6, 6.07) is 9.32. The van der Waals surface area contributed by atoms with Crippen LogP contribution >= 0.6 is 23.2 Å². The van der Waals surface area contributed by atoms with Crippen molar-refractivity contribution in [3.8, 4) is 6.07 Å². The summed E-state index contributed by atoms with van der Waals surface area (Å²) in [6.45, 7) is 8.31. The Kier molecular flexibility index (Phi) is 6.94. The molecule has 1 fully saturated rings. The largest absolute Gasteiger partial charge is 0.336 e. The standard InChI is InChI=1S/C25H27Cl2N5O/c1-4-7-31-8-10-32(11-9-31)25(33)18-5-6-20(26)19(23(18)27)14-22-29-24-16(2)12-17(15-28)13-21(24)30(22)3/h5-6,12-13H,4,7-11,14H2,1-3H3. The van der Waals surface area contributed by atoms with Crippen molar-refractivity contribution >= 4 is 40.1 Å². The lowest BCUT2D eigenvalue weighted by Gasteiger charge is -2.34. The number of rotatable bonds is 5. The number of nitrogens with zero attached hydrogens (tertiary/aromatic N) is 5. The normalized spacial score (nSPS) is 14.6. The van der Waals surface area contributed by atoms with Crippen molar-refractivity contribution in [2.75, 3.05) is 32.7 Å². The second-order valence-electron chi connectivity index (χ2n) is 8.56. The molecule has 8 heteroatoms. The van der Waals surface area contributed by atoms with Gasteiger partial charge in [-0.1, -0.05) is 30.1 Å². The number of benzene rings is 2. The van der Waals surface area contributed by atoms with Crippen LogP contribution in [0.4, 0.5) is 0 Å². The van der Waals surface area contributed by atoms with Crippen LogP contribution in [0.15, 0.2) is 24.3 Å². The molecule has 1 aliphatic heterocycles. The maximum Gasteiger partial charge on any atom is 0.255 e. The highest BCUT2D eigenvalue weighted by Gasteiger charge is 2.25. The Balaban J connectivity index is 1.63. The first kappa shape index (κ1) is 23.6. The average molecular weight is 484 g/mol. The van der Waals surface area contributed by atoms with Crippen LogP contribution in [0.5, 0.6) is 0 Å². The van der Waals surface area contributed by atoms with Crippen molar-refractivity contribution in [2.45, 2.75) is 26.7 Å². The molecular weight excluding hydrogens is 457 g/mol. The fraction of sp³-hybridized carbons (Fsp3) is 0.400. The van der Waals surface area contributed by atoms with Gasteiger partial charge in [0, 0.05) is 44.7 Å². The van der Waals surface area contributed by atoms with Gasteiger partial charge in [0.15, 0.2) is 0 Å². The summed E-state index contributed by atoms with van der Waals surface area (Å²) in [5.74, 6) is 0.707. The molecule has 3 aromatic rings. The zero-order chi connectivity index (χ0) is 23.7. The van der Waals surface area contributed by atoms with E-state index in [1.807, 2.05) is 35.6 Å². The summed E-state index contributed by atoms with van der Waals surface area (Å²) >= 11 is 13.3. The monoisotopic (exact) mass is 483 g/mol. The highest BCUT2D eigenvalue weighted by Crippen LogP contribution is 2.32. The first-order valence-electron chi connectivity index (χ1n) is 11.2. The SMILES string of the molecule is CCCN1CCN(C(=O)c2ccc(Cl)c(Cc3nc4c(C)cc(C#N)cc4n3C)c2Cl)CC1. The average Bonchev–Trinajstić information content (AvgIpc) is 3.13. The van der Waals surface area contributed by atoms with E-state index in [1.54, 1.807) is 12.1 Å². The van der Waals surface area contributed by atoms with E-state index in [9.17, 15) is 10.1 Å². The fourth-order valence-electron chi connectivity index (χ4n) is 4.47. The van der Waals surface area contributed by atoms with Crippen LogP contribution in [0.2, 0.25) is 10.0 Å². The number of nitriles is 1. The third kappa shape index (κ3) is 4.59. The van der Waals surface area contributed by atoms with Crippen LogP contribution in [0, 0.1) is 18.3 Å². The number of imidazole rings is 1. The van der Waals surface area contributed by atoms with E-state index in [2.05, 4.69) is 17.9 Å². The third-order valence-corrected chi connectivity index (χ3v) is 7.14. The number of carbonyl (C=O) groups excluding carboxylic acids is 1. The number of piperazine rings is 1. The van der Waals surface area contributed by atoms with Crippen molar-refractivity contribution in [3.63, 3.8) is 0 Å². The number of amides is 1. The van der Waals surface area contributed by atoms with E-state index >= 15 is 0 Å². The predicted octanol–water partition coefficient (Wildman–Crippen LogP) is 4.82. The number of hydrogen-bond acceptors (Lipinski definition) is 4. The van der Waals surface area contributed by atoms with Crippen LogP contribution in [0.25, 0.3) is 11.0 Å². The Morgan fingerprint density at radius 1 is 1.18 bits per heavy atom. The Bertz CT molecular complexity index is 1250. The molecule has 33 heavy (non-hydrogen) atoms. The first-order valence-corrected chi connectivity index (χ1v) is 11.9. The van der Waals surface area contributed by atoms with E-state index in [0.717, 1.165) is 48.5 Å². The number of aryl methyl sites for hydroxylation is 2. The molecular formula is C25H27Cl2N5O. The van der Waals surface area contributed by atoms with Gasteiger partial charge in [-0.2, -0.15) is 5.26 Å². The van der Waals surface area contributed by atoms with Gasteiger partial charge in [0.2, 0.25) is 0 Å². The lowest BCUT2D eigenvalue weighted by molar-refractivity contribution is 0.0637. The van der Waals surface area contributed by atoms with Gasteiger partial charge >= 0.3 is 0 Å². The molecule has 1 aromatic heterocycles. The van der Waals surface area contributed by atoms with Crippen molar-refractivity contribution in [3.05, 3.63) is 62.4 Å². The number of carbonyl (C=O) groups is 1. The Labute approximate surface area is 204 Å². The van der Waals surface area contributed by atoms with Crippen molar-refractivity contribution in [2.24, 2.45) is 7.05 Å².